The molecule has 0 aromatic rings. The highest BCUT2D eigenvalue weighted by Gasteiger charge is 2.32. The van der Waals surface area contributed by atoms with Gasteiger partial charge < -0.3 is 14.4 Å². The first-order valence-corrected chi connectivity index (χ1v) is 13.6. The van der Waals surface area contributed by atoms with Crippen LogP contribution in [-0.4, -0.2) is 66.1 Å². The first kappa shape index (κ1) is 27.6. The van der Waals surface area contributed by atoms with Gasteiger partial charge in [0.05, 0.1) is 5.92 Å². The van der Waals surface area contributed by atoms with Crippen LogP contribution in [0.3, 0.4) is 0 Å². The maximum Gasteiger partial charge on any atom is 0.413 e. The van der Waals surface area contributed by atoms with Crippen LogP contribution in [0.1, 0.15) is 65.7 Å². The summed E-state index contributed by atoms with van der Waals surface area (Å²) in [4.78, 5) is 49.4. The minimum atomic E-state index is -0.799. The van der Waals surface area contributed by atoms with Crippen LogP contribution < -0.4 is 5.32 Å². The van der Waals surface area contributed by atoms with E-state index in [-0.39, 0.29) is 24.4 Å². The molecular weight excluding hydrogens is 440 g/mol. The lowest BCUT2D eigenvalue weighted by molar-refractivity contribution is -0.148. The highest BCUT2D eigenvalue weighted by Crippen LogP contribution is 2.21. The van der Waals surface area contributed by atoms with Gasteiger partial charge in [-0.25, -0.2) is 4.79 Å². The standard InChI is InChI=1S/C21H36N2O6S2/c1-4-8-16(9-5-2)20(26)28-12-14-30-31-15-13-29-21(27)22-19(25)17(6-3)23-11-7-10-18(23)24/h16-17H,4-15H2,1-3H3,(H,22,25,27)/t17-/m0/s1. The van der Waals surface area contributed by atoms with E-state index in [9.17, 15) is 19.2 Å². The van der Waals surface area contributed by atoms with Crippen LogP contribution in [0.4, 0.5) is 4.79 Å². The lowest BCUT2D eigenvalue weighted by Crippen LogP contribution is -2.48. The normalized spacial score (nSPS) is 14.6. The van der Waals surface area contributed by atoms with Gasteiger partial charge in [-0.1, -0.05) is 55.2 Å². The number of esters is 1. The Balaban J connectivity index is 2.11. The first-order valence-electron chi connectivity index (χ1n) is 11.1. The molecule has 31 heavy (non-hydrogen) atoms. The van der Waals surface area contributed by atoms with Gasteiger partial charge in [-0.05, 0) is 25.7 Å². The number of rotatable bonds is 15. The highest BCUT2D eigenvalue weighted by atomic mass is 33.1. The highest BCUT2D eigenvalue weighted by molar-refractivity contribution is 8.76. The second-order valence-corrected chi connectivity index (χ2v) is 10.0. The fraction of sp³-hybridized carbons (Fsp3) is 0.810. The van der Waals surface area contributed by atoms with Crippen molar-refractivity contribution < 1.29 is 28.7 Å². The Morgan fingerprint density at radius 3 is 2.16 bits per heavy atom. The van der Waals surface area contributed by atoms with E-state index < -0.39 is 18.0 Å². The summed E-state index contributed by atoms with van der Waals surface area (Å²) in [5.74, 6) is 0.541. The molecule has 1 fully saturated rings. The number of nitrogens with zero attached hydrogens (tertiary/aromatic N) is 1. The summed E-state index contributed by atoms with van der Waals surface area (Å²) in [6.45, 7) is 7.00. The molecule has 0 spiro atoms. The zero-order chi connectivity index (χ0) is 23.1. The molecule has 1 rings (SSSR count). The van der Waals surface area contributed by atoms with E-state index >= 15 is 0 Å². The van der Waals surface area contributed by atoms with E-state index in [2.05, 4.69) is 19.2 Å². The van der Waals surface area contributed by atoms with Crippen molar-refractivity contribution in [1.29, 1.82) is 0 Å². The lowest BCUT2D eigenvalue weighted by Gasteiger charge is -2.25. The predicted octanol–water partition coefficient (Wildman–Crippen LogP) is 3.78. The first-order chi connectivity index (χ1) is 14.9. The molecule has 8 nitrogen and oxygen atoms in total. The second kappa shape index (κ2) is 16.2. The molecule has 1 aliphatic heterocycles. The van der Waals surface area contributed by atoms with Crippen LogP contribution in [0.2, 0.25) is 0 Å². The largest absolute Gasteiger partial charge is 0.465 e. The summed E-state index contributed by atoms with van der Waals surface area (Å²) < 4.78 is 10.4. The van der Waals surface area contributed by atoms with Crippen LogP contribution in [0, 0.1) is 5.92 Å². The molecule has 0 unspecified atom stereocenters. The molecule has 178 valence electrons. The van der Waals surface area contributed by atoms with Gasteiger partial charge in [0.25, 0.3) is 5.91 Å². The fourth-order valence-electron chi connectivity index (χ4n) is 3.42. The predicted molar refractivity (Wildman–Crippen MR) is 124 cm³/mol. The number of carbonyl (C=O) groups excluding carboxylic acids is 4. The molecule has 0 saturated carbocycles. The van der Waals surface area contributed by atoms with E-state index in [0.29, 0.717) is 37.5 Å². The zero-order valence-electron chi connectivity index (χ0n) is 18.9. The third kappa shape index (κ3) is 10.6. The van der Waals surface area contributed by atoms with Crippen LogP contribution in [0.25, 0.3) is 0 Å². The summed E-state index contributed by atoms with van der Waals surface area (Å²) >= 11 is 0. The van der Waals surface area contributed by atoms with Crippen LogP contribution in [-0.2, 0) is 23.9 Å². The second-order valence-electron chi connectivity index (χ2n) is 7.33. The quantitative estimate of drug-likeness (QED) is 0.216. The minimum Gasteiger partial charge on any atom is -0.465 e. The number of nitrogens with one attached hydrogen (secondary N) is 1. The fourth-order valence-corrected chi connectivity index (χ4v) is 5.08. The number of ether oxygens (including phenoxy) is 2. The zero-order valence-corrected chi connectivity index (χ0v) is 20.5. The Kier molecular flexibility index (Phi) is 14.5. The average molecular weight is 477 g/mol. The molecule has 10 heteroatoms. The van der Waals surface area contributed by atoms with Gasteiger partial charge in [0.2, 0.25) is 5.91 Å². The number of amides is 3. The van der Waals surface area contributed by atoms with Gasteiger partial charge in [0, 0.05) is 24.5 Å². The number of likely N-dealkylation sites (tertiary alicyclic amines) is 1. The van der Waals surface area contributed by atoms with E-state index in [1.165, 1.54) is 15.7 Å². The van der Waals surface area contributed by atoms with Crippen LogP contribution in [0.5, 0.6) is 0 Å². The van der Waals surface area contributed by atoms with E-state index in [1.807, 2.05) is 0 Å². The Labute approximate surface area is 193 Å². The van der Waals surface area contributed by atoms with Crippen LogP contribution in [0.15, 0.2) is 0 Å². The third-order valence-electron chi connectivity index (χ3n) is 4.90. The van der Waals surface area contributed by atoms with E-state index in [1.54, 1.807) is 17.7 Å². The van der Waals surface area contributed by atoms with Crippen molar-refractivity contribution in [2.24, 2.45) is 5.92 Å². The Hall–Kier alpha value is -1.42. The van der Waals surface area contributed by atoms with Crippen molar-refractivity contribution >= 4 is 45.5 Å². The maximum absolute atomic E-state index is 12.3. The third-order valence-corrected chi connectivity index (χ3v) is 7.24. The maximum atomic E-state index is 12.3. The van der Waals surface area contributed by atoms with E-state index in [4.69, 9.17) is 9.47 Å². The van der Waals surface area contributed by atoms with Gasteiger partial charge in [0.1, 0.15) is 19.3 Å². The molecule has 0 bridgehead atoms. The molecule has 0 radical (unpaired) electrons. The number of hydrogen-bond acceptors (Lipinski definition) is 8. The van der Waals surface area contributed by atoms with Gasteiger partial charge in [-0.3, -0.25) is 19.7 Å². The SMILES string of the molecule is CCCC(CCC)C(=O)OCCSSCCOC(=O)NC(=O)[C@H](CC)N1CCCC1=O. The minimum absolute atomic E-state index is 0.00169. The average Bonchev–Trinajstić information content (AvgIpc) is 3.15. The summed E-state index contributed by atoms with van der Waals surface area (Å²) in [6, 6.07) is -0.635. The van der Waals surface area contributed by atoms with Crippen molar-refractivity contribution in [3.8, 4) is 0 Å². The molecule has 0 aliphatic carbocycles. The van der Waals surface area contributed by atoms with E-state index in [0.717, 1.165) is 32.1 Å². The molecule has 1 aliphatic rings. The molecular formula is C21H36N2O6S2. The Morgan fingerprint density at radius 1 is 1.03 bits per heavy atom. The Morgan fingerprint density at radius 2 is 1.65 bits per heavy atom. The Bertz CT molecular complexity index is 584. The molecule has 0 aromatic heterocycles. The number of hydrogen-bond donors (Lipinski definition) is 1. The molecule has 1 atom stereocenters. The number of imide groups is 1. The molecule has 1 N–H and O–H groups in total. The van der Waals surface area contributed by atoms with Crippen molar-refractivity contribution in [1.82, 2.24) is 10.2 Å². The van der Waals surface area contributed by atoms with Gasteiger partial charge in [-0.2, -0.15) is 0 Å². The van der Waals surface area contributed by atoms with Crippen molar-refractivity contribution in [3.05, 3.63) is 0 Å². The van der Waals surface area contributed by atoms with Crippen molar-refractivity contribution in [2.45, 2.75) is 71.8 Å². The number of carbonyl (C=O) groups is 4. The van der Waals surface area contributed by atoms with Crippen molar-refractivity contribution in [3.63, 3.8) is 0 Å². The smallest absolute Gasteiger partial charge is 0.413 e. The summed E-state index contributed by atoms with van der Waals surface area (Å²) in [6.07, 6.45) is 4.50. The molecule has 0 aromatic carbocycles. The topological polar surface area (TPSA) is 102 Å². The number of alkyl carbamates (subject to hydrolysis) is 1. The van der Waals surface area contributed by atoms with Gasteiger partial charge in [0.15, 0.2) is 0 Å². The van der Waals surface area contributed by atoms with Gasteiger partial charge >= 0.3 is 12.1 Å². The summed E-state index contributed by atoms with van der Waals surface area (Å²) in [7, 11) is 3.05. The van der Waals surface area contributed by atoms with Crippen LogP contribution >= 0.6 is 21.6 Å². The lowest BCUT2D eigenvalue weighted by atomic mass is 9.99. The summed E-state index contributed by atoms with van der Waals surface area (Å²) in [5, 5.41) is 2.22. The summed E-state index contributed by atoms with van der Waals surface area (Å²) in [5.41, 5.74) is 0. The van der Waals surface area contributed by atoms with Gasteiger partial charge in [-0.15, -0.1) is 0 Å². The van der Waals surface area contributed by atoms with Crippen molar-refractivity contribution in [2.75, 3.05) is 31.3 Å². The monoisotopic (exact) mass is 476 g/mol. The molecule has 1 saturated heterocycles. The molecule has 3 amide bonds. The molecule has 1 heterocycles.